The zero-order chi connectivity index (χ0) is 12.0. The Labute approximate surface area is 96.2 Å². The summed E-state index contributed by atoms with van der Waals surface area (Å²) < 4.78 is 27.6. The molecule has 0 amide bonds. The Balaban J connectivity index is 2.65. The predicted molar refractivity (Wildman–Crippen MR) is 65.4 cm³/mol. The van der Waals surface area contributed by atoms with Gasteiger partial charge in [-0.3, -0.25) is 4.72 Å². The molecule has 0 saturated carbocycles. The van der Waals surface area contributed by atoms with Gasteiger partial charge in [-0.2, -0.15) is 13.1 Å². The molecule has 16 heavy (non-hydrogen) atoms. The van der Waals surface area contributed by atoms with E-state index in [0.717, 1.165) is 12.0 Å². The van der Waals surface area contributed by atoms with Crippen LogP contribution in [-0.4, -0.2) is 21.5 Å². The molecule has 0 unspecified atom stereocenters. The molecule has 6 heteroatoms. The number of nitrogens with two attached hydrogens (primary N) is 1. The number of anilines is 1. The fourth-order valence-corrected chi connectivity index (χ4v) is 2.10. The second-order valence-corrected chi connectivity index (χ2v) is 4.84. The van der Waals surface area contributed by atoms with Gasteiger partial charge in [-0.25, -0.2) is 0 Å². The summed E-state index contributed by atoms with van der Waals surface area (Å²) in [6.45, 7) is 2.54. The van der Waals surface area contributed by atoms with Crippen molar-refractivity contribution in [3.8, 4) is 0 Å². The van der Waals surface area contributed by atoms with E-state index >= 15 is 0 Å². The fourth-order valence-electron chi connectivity index (χ4n) is 1.19. The molecule has 0 heterocycles. The highest BCUT2D eigenvalue weighted by Gasteiger charge is 2.07. The second kappa shape index (κ2) is 5.83. The summed E-state index contributed by atoms with van der Waals surface area (Å²) in [7, 11) is -3.50. The number of nitrogens with one attached hydrogen (secondary N) is 2. The van der Waals surface area contributed by atoms with Crippen LogP contribution in [0.1, 0.15) is 12.5 Å². The lowest BCUT2D eigenvalue weighted by molar-refractivity contribution is 0.587. The summed E-state index contributed by atoms with van der Waals surface area (Å²) in [4.78, 5) is 0. The van der Waals surface area contributed by atoms with Crippen molar-refractivity contribution < 1.29 is 8.42 Å². The van der Waals surface area contributed by atoms with Crippen LogP contribution in [0.3, 0.4) is 0 Å². The Morgan fingerprint density at radius 1 is 1.25 bits per heavy atom. The molecular weight excluding hydrogens is 226 g/mol. The minimum absolute atomic E-state index is 0.225. The van der Waals surface area contributed by atoms with Crippen LogP contribution in [0.25, 0.3) is 0 Å². The van der Waals surface area contributed by atoms with Crippen molar-refractivity contribution in [3.05, 3.63) is 29.8 Å². The molecular formula is C10H17N3O2S. The molecule has 0 radical (unpaired) electrons. The lowest BCUT2D eigenvalue weighted by atomic mass is 10.2. The molecule has 0 bridgehead atoms. The average molecular weight is 243 g/mol. The van der Waals surface area contributed by atoms with Crippen LogP contribution < -0.4 is 15.2 Å². The van der Waals surface area contributed by atoms with E-state index in [-0.39, 0.29) is 13.1 Å². The summed E-state index contributed by atoms with van der Waals surface area (Å²) in [6, 6.07) is 7.25. The Morgan fingerprint density at radius 2 is 1.88 bits per heavy atom. The van der Waals surface area contributed by atoms with Gasteiger partial charge in [0.15, 0.2) is 0 Å². The summed E-state index contributed by atoms with van der Waals surface area (Å²) >= 11 is 0. The minimum atomic E-state index is -3.50. The summed E-state index contributed by atoms with van der Waals surface area (Å²) in [5.41, 5.74) is 6.92. The third-order valence-electron chi connectivity index (χ3n) is 2.05. The summed E-state index contributed by atoms with van der Waals surface area (Å²) in [6.07, 6.45) is 0.929. The molecule has 0 aromatic heterocycles. The highest BCUT2D eigenvalue weighted by Crippen LogP contribution is 2.10. The van der Waals surface area contributed by atoms with Gasteiger partial charge in [-0.1, -0.05) is 19.1 Å². The Kier molecular flexibility index (Phi) is 4.72. The molecule has 0 saturated heterocycles. The van der Waals surface area contributed by atoms with E-state index in [9.17, 15) is 8.42 Å². The van der Waals surface area contributed by atoms with Crippen LogP contribution in [-0.2, 0) is 16.6 Å². The molecule has 0 aliphatic heterocycles. The van der Waals surface area contributed by atoms with Crippen molar-refractivity contribution in [2.75, 3.05) is 17.8 Å². The van der Waals surface area contributed by atoms with Gasteiger partial charge in [0.1, 0.15) is 0 Å². The van der Waals surface area contributed by atoms with Crippen molar-refractivity contribution in [1.82, 2.24) is 4.72 Å². The van der Waals surface area contributed by atoms with E-state index in [4.69, 9.17) is 5.73 Å². The highest BCUT2D eigenvalue weighted by atomic mass is 32.2. The first-order chi connectivity index (χ1) is 7.57. The van der Waals surface area contributed by atoms with Crippen molar-refractivity contribution in [1.29, 1.82) is 0 Å². The monoisotopic (exact) mass is 243 g/mol. The van der Waals surface area contributed by atoms with E-state index in [1.165, 1.54) is 0 Å². The van der Waals surface area contributed by atoms with Crippen LogP contribution >= 0.6 is 0 Å². The van der Waals surface area contributed by atoms with E-state index in [1.54, 1.807) is 12.1 Å². The van der Waals surface area contributed by atoms with E-state index in [2.05, 4.69) is 9.44 Å². The molecule has 90 valence electrons. The molecule has 4 N–H and O–H groups in total. The van der Waals surface area contributed by atoms with Gasteiger partial charge < -0.3 is 5.73 Å². The molecule has 0 fully saturated rings. The molecule has 0 atom stereocenters. The smallest absolute Gasteiger partial charge is 0.299 e. The largest absolute Gasteiger partial charge is 0.329 e. The number of hydrogen-bond donors (Lipinski definition) is 3. The first kappa shape index (κ1) is 13.0. The van der Waals surface area contributed by atoms with Crippen molar-refractivity contribution in [2.24, 2.45) is 5.73 Å². The molecule has 0 spiro atoms. The average Bonchev–Trinajstić information content (AvgIpc) is 2.27. The third-order valence-corrected chi connectivity index (χ3v) is 3.14. The van der Waals surface area contributed by atoms with E-state index in [0.29, 0.717) is 5.69 Å². The van der Waals surface area contributed by atoms with Crippen LogP contribution in [0.15, 0.2) is 24.3 Å². The first-order valence-electron chi connectivity index (χ1n) is 5.14. The Hall–Kier alpha value is -1.11. The molecule has 0 aliphatic rings. The van der Waals surface area contributed by atoms with Gasteiger partial charge in [0.2, 0.25) is 0 Å². The molecule has 5 nitrogen and oxygen atoms in total. The van der Waals surface area contributed by atoms with Crippen molar-refractivity contribution in [2.45, 2.75) is 13.3 Å². The van der Waals surface area contributed by atoms with Gasteiger partial charge >= 0.3 is 0 Å². The number of benzene rings is 1. The second-order valence-electron chi connectivity index (χ2n) is 3.34. The van der Waals surface area contributed by atoms with Gasteiger partial charge in [0.05, 0.1) is 0 Å². The zero-order valence-corrected chi connectivity index (χ0v) is 10.0. The normalized spacial score (nSPS) is 11.4. The first-order valence-corrected chi connectivity index (χ1v) is 6.62. The summed E-state index contributed by atoms with van der Waals surface area (Å²) in [5.74, 6) is 0. The van der Waals surface area contributed by atoms with E-state index in [1.807, 2.05) is 19.1 Å². The molecule has 0 aliphatic carbocycles. The lowest BCUT2D eigenvalue weighted by Gasteiger charge is -2.08. The van der Waals surface area contributed by atoms with Crippen LogP contribution in [0, 0.1) is 0 Å². The minimum Gasteiger partial charge on any atom is -0.329 e. The predicted octanol–water partition coefficient (Wildman–Crippen LogP) is 0.454. The Morgan fingerprint density at radius 3 is 2.38 bits per heavy atom. The van der Waals surface area contributed by atoms with Gasteiger partial charge in [-0.05, 0) is 24.1 Å². The number of hydrogen-bond acceptors (Lipinski definition) is 3. The van der Waals surface area contributed by atoms with Gasteiger partial charge in [-0.15, -0.1) is 0 Å². The Bertz CT molecular complexity index is 414. The van der Waals surface area contributed by atoms with Crippen molar-refractivity contribution >= 4 is 15.9 Å². The highest BCUT2D eigenvalue weighted by molar-refractivity contribution is 7.90. The fraction of sp³-hybridized carbons (Fsp3) is 0.400. The van der Waals surface area contributed by atoms with Crippen LogP contribution in [0.4, 0.5) is 5.69 Å². The third kappa shape index (κ3) is 4.18. The maximum atomic E-state index is 11.4. The topological polar surface area (TPSA) is 84.2 Å². The summed E-state index contributed by atoms with van der Waals surface area (Å²) in [5, 5.41) is 0. The molecule has 1 rings (SSSR count). The lowest BCUT2D eigenvalue weighted by Crippen LogP contribution is -2.33. The van der Waals surface area contributed by atoms with Crippen LogP contribution in [0.5, 0.6) is 0 Å². The quantitative estimate of drug-likeness (QED) is 0.678. The molecule has 1 aromatic carbocycles. The van der Waals surface area contributed by atoms with Crippen LogP contribution in [0.2, 0.25) is 0 Å². The zero-order valence-electron chi connectivity index (χ0n) is 9.23. The maximum Gasteiger partial charge on any atom is 0.299 e. The van der Waals surface area contributed by atoms with E-state index < -0.39 is 10.2 Å². The number of rotatable bonds is 6. The van der Waals surface area contributed by atoms with Gasteiger partial charge in [0.25, 0.3) is 10.2 Å². The molecule has 1 aromatic rings. The maximum absolute atomic E-state index is 11.4. The van der Waals surface area contributed by atoms with Gasteiger partial charge in [0, 0.05) is 18.8 Å². The number of aryl methyl sites for hydroxylation is 1. The standard InChI is InChI=1S/C10H17N3O2S/c1-2-9-3-5-10(6-4-9)13-16(14,15)12-8-7-11/h3-6,12-13H,2,7-8,11H2,1H3. The SMILES string of the molecule is CCc1ccc(NS(=O)(=O)NCCN)cc1. The van der Waals surface area contributed by atoms with Crippen molar-refractivity contribution in [3.63, 3.8) is 0 Å².